The highest BCUT2D eigenvalue weighted by atomic mass is 16.1. The van der Waals surface area contributed by atoms with Crippen molar-refractivity contribution in [1.82, 2.24) is 14.5 Å². The molecule has 0 unspecified atom stereocenters. The van der Waals surface area contributed by atoms with Crippen LogP contribution in [0.15, 0.2) is 72.8 Å². The molecule has 34 heavy (non-hydrogen) atoms. The lowest BCUT2D eigenvalue weighted by Gasteiger charge is -2.36. The second-order valence-electron chi connectivity index (χ2n) is 9.02. The third kappa shape index (κ3) is 4.82. The molecule has 6 nitrogen and oxygen atoms in total. The Morgan fingerprint density at radius 2 is 1.68 bits per heavy atom. The maximum absolute atomic E-state index is 12.6. The fourth-order valence-electron chi connectivity index (χ4n) is 4.59. The molecule has 3 aromatic carbocycles. The minimum absolute atomic E-state index is 0.106. The van der Waals surface area contributed by atoms with Crippen LogP contribution in [-0.4, -0.2) is 53.1 Å². The van der Waals surface area contributed by atoms with E-state index in [9.17, 15) is 4.79 Å². The van der Waals surface area contributed by atoms with Gasteiger partial charge in [0.15, 0.2) is 0 Å². The van der Waals surface area contributed by atoms with Gasteiger partial charge in [0.25, 0.3) is 5.91 Å². The van der Waals surface area contributed by atoms with Crippen molar-refractivity contribution in [3.63, 3.8) is 0 Å². The summed E-state index contributed by atoms with van der Waals surface area (Å²) in [6, 6.07) is 24.2. The molecule has 0 saturated carbocycles. The summed E-state index contributed by atoms with van der Waals surface area (Å²) in [6.07, 6.45) is 0.904. The van der Waals surface area contributed by atoms with E-state index in [-0.39, 0.29) is 5.91 Å². The Morgan fingerprint density at radius 1 is 0.941 bits per heavy atom. The molecule has 0 aliphatic carbocycles. The van der Waals surface area contributed by atoms with Crippen LogP contribution in [0, 0.1) is 6.92 Å². The molecular formula is C28H31N5O. The van der Waals surface area contributed by atoms with Crippen LogP contribution >= 0.6 is 0 Å². The van der Waals surface area contributed by atoms with Crippen molar-refractivity contribution in [2.45, 2.75) is 13.3 Å². The lowest BCUT2D eigenvalue weighted by atomic mass is 10.1. The van der Waals surface area contributed by atoms with Gasteiger partial charge in [-0.3, -0.25) is 9.69 Å². The summed E-state index contributed by atoms with van der Waals surface area (Å²) < 4.78 is 2.17. The molecule has 0 atom stereocenters. The van der Waals surface area contributed by atoms with Gasteiger partial charge in [-0.25, -0.2) is 4.98 Å². The molecule has 2 heterocycles. The van der Waals surface area contributed by atoms with Gasteiger partial charge in [-0.05, 0) is 49.4 Å². The molecule has 0 bridgehead atoms. The van der Waals surface area contributed by atoms with E-state index in [1.54, 1.807) is 0 Å². The van der Waals surface area contributed by atoms with E-state index in [1.165, 1.54) is 5.69 Å². The summed E-state index contributed by atoms with van der Waals surface area (Å²) in [5, 5.41) is 3.00. The number of anilines is 2. The Bertz CT molecular complexity index is 1270. The second-order valence-corrected chi connectivity index (χ2v) is 9.02. The van der Waals surface area contributed by atoms with Crippen molar-refractivity contribution in [1.29, 1.82) is 0 Å². The molecule has 6 heteroatoms. The average molecular weight is 454 g/mol. The van der Waals surface area contributed by atoms with Crippen molar-refractivity contribution in [3.05, 3.63) is 89.7 Å². The standard InChI is InChI=1S/C28H31N5O/c1-21-8-10-22(11-9-21)28(34)29-23-12-13-26-25(20-23)30-27(31(26)2)14-15-32-16-18-33(19-17-32)24-6-4-3-5-7-24/h3-13,20H,14-19H2,1-2H3,(H,29,34). The first kappa shape index (κ1) is 22.2. The molecule has 1 aliphatic rings. The van der Waals surface area contributed by atoms with Crippen molar-refractivity contribution in [2.75, 3.05) is 42.9 Å². The molecule has 0 radical (unpaired) electrons. The first-order valence-electron chi connectivity index (χ1n) is 11.9. The number of hydrogen-bond donors (Lipinski definition) is 1. The monoisotopic (exact) mass is 453 g/mol. The number of nitrogens with zero attached hydrogens (tertiary/aromatic N) is 4. The number of benzene rings is 3. The number of nitrogens with one attached hydrogen (secondary N) is 1. The molecule has 4 aromatic rings. The fourth-order valence-corrected chi connectivity index (χ4v) is 4.59. The van der Waals surface area contributed by atoms with Gasteiger partial charge in [-0.15, -0.1) is 0 Å². The van der Waals surface area contributed by atoms with Crippen LogP contribution in [0.2, 0.25) is 0 Å². The van der Waals surface area contributed by atoms with E-state index in [1.807, 2.05) is 49.4 Å². The van der Waals surface area contributed by atoms with E-state index < -0.39 is 0 Å². The summed E-state index contributed by atoms with van der Waals surface area (Å²) >= 11 is 0. The van der Waals surface area contributed by atoms with Crippen LogP contribution in [0.1, 0.15) is 21.7 Å². The lowest BCUT2D eigenvalue weighted by molar-refractivity contribution is 0.102. The number of aryl methyl sites for hydroxylation is 2. The summed E-state index contributed by atoms with van der Waals surface area (Å²) in [5.74, 6) is 0.965. The molecule has 5 rings (SSSR count). The van der Waals surface area contributed by atoms with Crippen molar-refractivity contribution < 1.29 is 4.79 Å². The Hall–Kier alpha value is -3.64. The highest BCUT2D eigenvalue weighted by Crippen LogP contribution is 2.21. The maximum Gasteiger partial charge on any atom is 0.255 e. The van der Waals surface area contributed by atoms with Gasteiger partial charge in [0, 0.05) is 63.1 Å². The average Bonchev–Trinajstić information content (AvgIpc) is 3.18. The number of aromatic nitrogens is 2. The Labute approximate surface area is 200 Å². The predicted molar refractivity (Wildman–Crippen MR) is 139 cm³/mol. The molecular weight excluding hydrogens is 422 g/mol. The smallest absolute Gasteiger partial charge is 0.255 e. The van der Waals surface area contributed by atoms with E-state index >= 15 is 0 Å². The number of fused-ring (bicyclic) bond motifs is 1. The quantitative estimate of drug-likeness (QED) is 0.467. The number of amides is 1. The zero-order valence-electron chi connectivity index (χ0n) is 19.9. The fraction of sp³-hybridized carbons (Fsp3) is 0.286. The van der Waals surface area contributed by atoms with Crippen LogP contribution < -0.4 is 10.2 Å². The van der Waals surface area contributed by atoms with E-state index in [2.05, 4.69) is 57.1 Å². The first-order chi connectivity index (χ1) is 16.6. The van der Waals surface area contributed by atoms with Gasteiger partial charge in [0.05, 0.1) is 11.0 Å². The number of piperazine rings is 1. The molecule has 1 aromatic heterocycles. The highest BCUT2D eigenvalue weighted by Gasteiger charge is 2.18. The van der Waals surface area contributed by atoms with Gasteiger partial charge in [-0.1, -0.05) is 35.9 Å². The predicted octanol–water partition coefficient (Wildman–Crippen LogP) is 4.50. The second kappa shape index (κ2) is 9.69. The zero-order valence-corrected chi connectivity index (χ0v) is 19.9. The van der Waals surface area contributed by atoms with Gasteiger partial charge in [0.2, 0.25) is 0 Å². The summed E-state index contributed by atoms with van der Waals surface area (Å²) in [7, 11) is 2.07. The molecule has 1 fully saturated rings. The molecule has 174 valence electrons. The van der Waals surface area contributed by atoms with Gasteiger partial charge in [-0.2, -0.15) is 0 Å². The Morgan fingerprint density at radius 3 is 2.41 bits per heavy atom. The van der Waals surface area contributed by atoms with Gasteiger partial charge >= 0.3 is 0 Å². The summed E-state index contributed by atoms with van der Waals surface area (Å²) in [4.78, 5) is 22.4. The highest BCUT2D eigenvalue weighted by molar-refractivity contribution is 6.05. The molecule has 1 aliphatic heterocycles. The normalized spacial score (nSPS) is 14.5. The molecule has 0 spiro atoms. The minimum atomic E-state index is -0.106. The van der Waals surface area contributed by atoms with Crippen LogP contribution in [0.4, 0.5) is 11.4 Å². The Kier molecular flexibility index (Phi) is 6.32. The number of imidazole rings is 1. The number of hydrogen-bond acceptors (Lipinski definition) is 4. The third-order valence-corrected chi connectivity index (χ3v) is 6.69. The third-order valence-electron chi connectivity index (χ3n) is 6.69. The first-order valence-corrected chi connectivity index (χ1v) is 11.9. The van der Waals surface area contributed by atoms with Gasteiger partial charge < -0.3 is 14.8 Å². The van der Waals surface area contributed by atoms with E-state index in [0.717, 1.165) is 67.3 Å². The molecule has 1 amide bonds. The Balaban J connectivity index is 1.20. The van der Waals surface area contributed by atoms with Crippen LogP contribution in [-0.2, 0) is 13.5 Å². The zero-order chi connectivity index (χ0) is 23.5. The maximum atomic E-state index is 12.6. The minimum Gasteiger partial charge on any atom is -0.369 e. The van der Waals surface area contributed by atoms with Crippen LogP contribution in [0.5, 0.6) is 0 Å². The topological polar surface area (TPSA) is 53.4 Å². The number of carbonyl (C=O) groups is 1. The largest absolute Gasteiger partial charge is 0.369 e. The van der Waals surface area contributed by atoms with Crippen LogP contribution in [0.25, 0.3) is 11.0 Å². The van der Waals surface area contributed by atoms with Crippen molar-refractivity contribution >= 4 is 28.3 Å². The number of para-hydroxylation sites is 1. The van der Waals surface area contributed by atoms with Crippen LogP contribution in [0.3, 0.4) is 0 Å². The van der Waals surface area contributed by atoms with E-state index in [0.29, 0.717) is 5.56 Å². The van der Waals surface area contributed by atoms with Crippen molar-refractivity contribution in [3.8, 4) is 0 Å². The van der Waals surface area contributed by atoms with Crippen molar-refractivity contribution in [2.24, 2.45) is 7.05 Å². The van der Waals surface area contributed by atoms with E-state index in [4.69, 9.17) is 4.98 Å². The number of rotatable bonds is 6. The SMILES string of the molecule is Cc1ccc(C(=O)Nc2ccc3c(c2)nc(CCN2CCN(c4ccccc4)CC2)n3C)cc1. The molecule has 1 N–H and O–H groups in total. The lowest BCUT2D eigenvalue weighted by Crippen LogP contribution is -2.47. The number of carbonyl (C=O) groups excluding carboxylic acids is 1. The summed E-state index contributed by atoms with van der Waals surface area (Å²) in [5.41, 5.74) is 5.85. The molecule has 1 saturated heterocycles. The van der Waals surface area contributed by atoms with Gasteiger partial charge in [0.1, 0.15) is 5.82 Å². The summed E-state index contributed by atoms with van der Waals surface area (Å²) in [6.45, 7) is 7.24.